The Kier molecular flexibility index (Phi) is 3.43. The number of anilines is 1. The van der Waals surface area contributed by atoms with Crippen LogP contribution in [0.2, 0.25) is 0 Å². The molecule has 1 heterocycles. The fourth-order valence-corrected chi connectivity index (χ4v) is 1.89. The summed E-state index contributed by atoms with van der Waals surface area (Å²) in [6.07, 6.45) is -4.49. The van der Waals surface area contributed by atoms with Crippen LogP contribution >= 0.6 is 0 Å². The molecule has 0 radical (unpaired) electrons. The molecule has 0 aromatic heterocycles. The number of morpholine rings is 1. The van der Waals surface area contributed by atoms with E-state index < -0.39 is 11.7 Å². The second kappa shape index (κ2) is 4.86. The third-order valence-electron chi connectivity index (χ3n) is 2.81. The first-order valence-electron chi connectivity index (χ1n) is 5.46. The predicted octanol–water partition coefficient (Wildman–Crippen LogP) is 2.41. The predicted molar refractivity (Wildman–Crippen MR) is 59.2 cm³/mol. The fourth-order valence-electron chi connectivity index (χ4n) is 1.89. The van der Waals surface area contributed by atoms with Crippen molar-refractivity contribution in [3.63, 3.8) is 0 Å². The quantitative estimate of drug-likeness (QED) is 0.774. The van der Waals surface area contributed by atoms with Crippen LogP contribution in [0.25, 0.3) is 0 Å². The minimum Gasteiger partial charge on any atom is -0.378 e. The molecule has 1 aliphatic rings. The number of rotatable bonds is 1. The van der Waals surface area contributed by atoms with Crippen LogP contribution < -0.4 is 4.90 Å². The molecule has 0 N–H and O–H groups in total. The van der Waals surface area contributed by atoms with E-state index in [0.717, 1.165) is 6.07 Å². The van der Waals surface area contributed by atoms with Gasteiger partial charge in [-0.15, -0.1) is 0 Å². The van der Waals surface area contributed by atoms with Gasteiger partial charge in [-0.05, 0) is 18.2 Å². The summed E-state index contributed by atoms with van der Waals surface area (Å²) in [6.45, 7) is 2.33. The summed E-state index contributed by atoms with van der Waals surface area (Å²) in [5.74, 6) is 0. The molecule has 1 fully saturated rings. The van der Waals surface area contributed by atoms with Gasteiger partial charge in [0.2, 0.25) is 0 Å². The average Bonchev–Trinajstić information content (AvgIpc) is 2.38. The Morgan fingerprint density at radius 1 is 1.22 bits per heavy atom. The van der Waals surface area contributed by atoms with Gasteiger partial charge in [-0.1, -0.05) is 0 Å². The Balaban J connectivity index is 2.33. The van der Waals surface area contributed by atoms with Crippen molar-refractivity contribution in [2.75, 3.05) is 31.2 Å². The standard InChI is InChI=1S/C12H11F3N2O/c13-12(14,15)11-2-1-10(7-9(11)8-16)17-3-5-18-6-4-17/h1-2,7H,3-6H2. The van der Waals surface area contributed by atoms with Gasteiger partial charge in [0, 0.05) is 18.8 Å². The SMILES string of the molecule is N#Cc1cc(N2CCOCC2)ccc1C(F)(F)F. The van der Waals surface area contributed by atoms with Crippen LogP contribution in [-0.2, 0) is 10.9 Å². The van der Waals surface area contributed by atoms with Gasteiger partial charge in [-0.2, -0.15) is 18.4 Å². The molecular formula is C12H11F3N2O. The highest BCUT2D eigenvalue weighted by atomic mass is 19.4. The molecule has 3 nitrogen and oxygen atoms in total. The maximum absolute atomic E-state index is 12.6. The molecular weight excluding hydrogens is 245 g/mol. The van der Waals surface area contributed by atoms with E-state index in [1.807, 2.05) is 4.90 Å². The van der Waals surface area contributed by atoms with Gasteiger partial charge in [0.25, 0.3) is 0 Å². The van der Waals surface area contributed by atoms with Gasteiger partial charge in [0.15, 0.2) is 0 Å². The Morgan fingerprint density at radius 3 is 2.44 bits per heavy atom. The van der Waals surface area contributed by atoms with Crippen molar-refractivity contribution in [2.24, 2.45) is 0 Å². The number of alkyl halides is 3. The summed E-state index contributed by atoms with van der Waals surface area (Å²) in [4.78, 5) is 1.91. The smallest absolute Gasteiger partial charge is 0.378 e. The second-order valence-corrected chi connectivity index (χ2v) is 3.94. The molecule has 96 valence electrons. The van der Waals surface area contributed by atoms with Gasteiger partial charge < -0.3 is 9.64 Å². The molecule has 0 amide bonds. The molecule has 0 unspecified atom stereocenters. The van der Waals surface area contributed by atoms with Crippen molar-refractivity contribution in [2.45, 2.75) is 6.18 Å². The Labute approximate surface area is 102 Å². The van der Waals surface area contributed by atoms with Crippen LogP contribution in [0.4, 0.5) is 18.9 Å². The molecule has 0 bridgehead atoms. The molecule has 1 aromatic carbocycles. The zero-order valence-electron chi connectivity index (χ0n) is 9.50. The van der Waals surface area contributed by atoms with Gasteiger partial charge in [-0.25, -0.2) is 0 Å². The van der Waals surface area contributed by atoms with E-state index in [-0.39, 0.29) is 5.56 Å². The number of ether oxygens (including phenoxy) is 1. The summed E-state index contributed by atoms with van der Waals surface area (Å²) >= 11 is 0. The number of hydrogen-bond acceptors (Lipinski definition) is 3. The van der Waals surface area contributed by atoms with Gasteiger partial charge in [0.1, 0.15) is 0 Å². The van der Waals surface area contributed by atoms with E-state index in [1.54, 1.807) is 6.07 Å². The molecule has 2 rings (SSSR count). The van der Waals surface area contributed by atoms with Crippen molar-refractivity contribution in [3.05, 3.63) is 29.3 Å². The third kappa shape index (κ3) is 2.57. The minimum atomic E-state index is -4.49. The number of halogens is 3. The minimum absolute atomic E-state index is 0.341. The summed E-state index contributed by atoms with van der Waals surface area (Å²) in [7, 11) is 0. The lowest BCUT2D eigenvalue weighted by atomic mass is 10.1. The molecule has 18 heavy (non-hydrogen) atoms. The summed E-state index contributed by atoms with van der Waals surface area (Å²) in [5.41, 5.74) is -0.601. The van der Waals surface area contributed by atoms with Crippen LogP contribution in [0.5, 0.6) is 0 Å². The Hall–Kier alpha value is -1.74. The number of hydrogen-bond donors (Lipinski definition) is 0. The topological polar surface area (TPSA) is 36.3 Å². The monoisotopic (exact) mass is 256 g/mol. The van der Waals surface area contributed by atoms with Crippen molar-refractivity contribution < 1.29 is 17.9 Å². The van der Waals surface area contributed by atoms with Crippen molar-refractivity contribution in [3.8, 4) is 6.07 Å². The van der Waals surface area contributed by atoms with Crippen LogP contribution in [-0.4, -0.2) is 26.3 Å². The lowest BCUT2D eigenvalue weighted by Gasteiger charge is -2.29. The highest BCUT2D eigenvalue weighted by Gasteiger charge is 2.33. The molecule has 1 aliphatic heterocycles. The van der Waals surface area contributed by atoms with Crippen molar-refractivity contribution in [1.29, 1.82) is 5.26 Å². The van der Waals surface area contributed by atoms with E-state index in [2.05, 4.69) is 0 Å². The van der Waals surface area contributed by atoms with E-state index in [4.69, 9.17) is 10.00 Å². The zero-order chi connectivity index (χ0) is 13.2. The fraction of sp³-hybridized carbons (Fsp3) is 0.417. The van der Waals surface area contributed by atoms with E-state index in [1.165, 1.54) is 12.1 Å². The Morgan fingerprint density at radius 2 is 1.89 bits per heavy atom. The summed E-state index contributed by atoms with van der Waals surface area (Å²) in [5, 5.41) is 8.81. The molecule has 0 atom stereocenters. The van der Waals surface area contributed by atoms with Crippen molar-refractivity contribution in [1.82, 2.24) is 0 Å². The lowest BCUT2D eigenvalue weighted by molar-refractivity contribution is -0.137. The summed E-state index contributed by atoms with van der Waals surface area (Å²) < 4.78 is 43.0. The normalized spacial score (nSPS) is 16.4. The van der Waals surface area contributed by atoms with E-state index in [9.17, 15) is 13.2 Å². The first kappa shape index (κ1) is 12.7. The first-order valence-corrected chi connectivity index (χ1v) is 5.46. The number of nitrogens with zero attached hydrogens (tertiary/aromatic N) is 2. The second-order valence-electron chi connectivity index (χ2n) is 3.94. The molecule has 0 spiro atoms. The van der Waals surface area contributed by atoms with Crippen LogP contribution in [0.15, 0.2) is 18.2 Å². The zero-order valence-corrected chi connectivity index (χ0v) is 9.50. The van der Waals surface area contributed by atoms with Crippen LogP contribution in [0.3, 0.4) is 0 Å². The van der Waals surface area contributed by atoms with E-state index >= 15 is 0 Å². The highest BCUT2D eigenvalue weighted by Crippen LogP contribution is 2.33. The maximum atomic E-state index is 12.6. The Bertz CT molecular complexity index is 473. The van der Waals surface area contributed by atoms with Crippen LogP contribution in [0, 0.1) is 11.3 Å². The van der Waals surface area contributed by atoms with Gasteiger partial charge in [0.05, 0.1) is 30.4 Å². The number of nitriles is 1. The lowest BCUT2D eigenvalue weighted by Crippen LogP contribution is -2.36. The molecule has 1 aromatic rings. The first-order chi connectivity index (χ1) is 8.52. The number of benzene rings is 1. The van der Waals surface area contributed by atoms with Gasteiger partial charge in [-0.3, -0.25) is 0 Å². The highest BCUT2D eigenvalue weighted by molar-refractivity contribution is 5.55. The largest absolute Gasteiger partial charge is 0.417 e. The van der Waals surface area contributed by atoms with E-state index in [0.29, 0.717) is 32.0 Å². The van der Waals surface area contributed by atoms with Crippen molar-refractivity contribution >= 4 is 5.69 Å². The third-order valence-corrected chi connectivity index (χ3v) is 2.81. The summed E-state index contributed by atoms with van der Waals surface area (Å²) in [6, 6.07) is 5.25. The molecule has 0 saturated carbocycles. The molecule has 1 saturated heterocycles. The average molecular weight is 256 g/mol. The van der Waals surface area contributed by atoms with Crippen LogP contribution in [0.1, 0.15) is 11.1 Å². The molecule has 0 aliphatic carbocycles. The van der Waals surface area contributed by atoms with Gasteiger partial charge >= 0.3 is 6.18 Å². The maximum Gasteiger partial charge on any atom is 0.417 e. The molecule has 6 heteroatoms.